The van der Waals surface area contributed by atoms with Crippen LogP contribution in [0.3, 0.4) is 0 Å². The van der Waals surface area contributed by atoms with Gasteiger partial charge in [0, 0.05) is 31.3 Å². The fraction of sp³-hybridized carbons (Fsp3) is 0.571. The molecule has 1 aromatic carbocycles. The van der Waals surface area contributed by atoms with Crippen LogP contribution in [-0.4, -0.2) is 34.0 Å². The number of hydrogen-bond acceptors (Lipinski definition) is 4. The van der Waals surface area contributed by atoms with Crippen molar-refractivity contribution < 1.29 is 14.2 Å². The quantitative estimate of drug-likeness (QED) is 0.685. The minimum atomic E-state index is 0.742. The molecule has 1 N–H and O–H groups in total. The zero-order valence-electron chi connectivity index (χ0n) is 11.5. The molecule has 0 saturated carbocycles. The molecule has 4 heteroatoms. The number of rotatable bonds is 9. The maximum atomic E-state index is 5.40. The van der Waals surface area contributed by atoms with Crippen molar-refractivity contribution in [2.45, 2.75) is 19.9 Å². The first-order valence-electron chi connectivity index (χ1n) is 6.31. The standard InChI is InChI=1S/C14H23NO3/c1-4-8-18-9-7-15-11-12-5-6-13(16-2)10-14(12)17-3/h5-6,10,15H,4,7-9,11H2,1-3H3. The summed E-state index contributed by atoms with van der Waals surface area (Å²) in [6, 6.07) is 5.84. The fourth-order valence-electron chi connectivity index (χ4n) is 1.61. The molecule has 0 heterocycles. The molecular weight excluding hydrogens is 230 g/mol. The maximum absolute atomic E-state index is 5.40. The van der Waals surface area contributed by atoms with E-state index in [0.29, 0.717) is 0 Å². The Labute approximate surface area is 109 Å². The summed E-state index contributed by atoms with van der Waals surface area (Å²) in [5, 5.41) is 3.33. The number of ether oxygens (including phenoxy) is 3. The lowest BCUT2D eigenvalue weighted by Gasteiger charge is -2.11. The molecule has 18 heavy (non-hydrogen) atoms. The average molecular weight is 253 g/mol. The molecule has 0 radical (unpaired) electrons. The lowest BCUT2D eigenvalue weighted by Crippen LogP contribution is -2.19. The largest absolute Gasteiger partial charge is 0.497 e. The highest BCUT2D eigenvalue weighted by molar-refractivity contribution is 5.40. The molecule has 0 fully saturated rings. The maximum Gasteiger partial charge on any atom is 0.127 e. The highest BCUT2D eigenvalue weighted by Crippen LogP contribution is 2.24. The predicted octanol–water partition coefficient (Wildman–Crippen LogP) is 2.22. The van der Waals surface area contributed by atoms with Gasteiger partial charge in [-0.05, 0) is 12.5 Å². The number of benzene rings is 1. The van der Waals surface area contributed by atoms with Crippen LogP contribution < -0.4 is 14.8 Å². The van der Waals surface area contributed by atoms with Crippen LogP contribution in [0.1, 0.15) is 18.9 Å². The van der Waals surface area contributed by atoms with E-state index in [1.54, 1.807) is 14.2 Å². The smallest absolute Gasteiger partial charge is 0.127 e. The van der Waals surface area contributed by atoms with Gasteiger partial charge in [0.25, 0.3) is 0 Å². The van der Waals surface area contributed by atoms with Crippen molar-refractivity contribution in [1.29, 1.82) is 0 Å². The van der Waals surface area contributed by atoms with Crippen LogP contribution in [0.25, 0.3) is 0 Å². The molecule has 0 bridgehead atoms. The third-order valence-electron chi connectivity index (χ3n) is 2.58. The van der Waals surface area contributed by atoms with Crippen molar-refractivity contribution in [3.8, 4) is 11.5 Å². The Bertz CT molecular complexity index is 342. The summed E-state index contributed by atoms with van der Waals surface area (Å²) in [4.78, 5) is 0. The van der Waals surface area contributed by atoms with Gasteiger partial charge in [-0.2, -0.15) is 0 Å². The van der Waals surface area contributed by atoms with Crippen LogP contribution in [0.15, 0.2) is 18.2 Å². The van der Waals surface area contributed by atoms with Gasteiger partial charge in [-0.1, -0.05) is 13.0 Å². The van der Waals surface area contributed by atoms with E-state index in [0.717, 1.165) is 49.8 Å². The second kappa shape index (κ2) is 8.78. The Morgan fingerprint density at radius 3 is 2.61 bits per heavy atom. The van der Waals surface area contributed by atoms with Gasteiger partial charge < -0.3 is 19.5 Å². The molecule has 0 aromatic heterocycles. The van der Waals surface area contributed by atoms with E-state index in [4.69, 9.17) is 14.2 Å². The van der Waals surface area contributed by atoms with E-state index < -0.39 is 0 Å². The molecule has 102 valence electrons. The van der Waals surface area contributed by atoms with E-state index in [2.05, 4.69) is 12.2 Å². The molecule has 0 unspecified atom stereocenters. The molecule has 0 aliphatic heterocycles. The second-order valence-corrected chi connectivity index (χ2v) is 3.97. The Hall–Kier alpha value is -1.26. The van der Waals surface area contributed by atoms with Crippen molar-refractivity contribution in [2.24, 2.45) is 0 Å². The van der Waals surface area contributed by atoms with Gasteiger partial charge in [-0.15, -0.1) is 0 Å². The van der Waals surface area contributed by atoms with Gasteiger partial charge in [-0.3, -0.25) is 0 Å². The summed E-state index contributed by atoms with van der Waals surface area (Å²) >= 11 is 0. The molecule has 4 nitrogen and oxygen atoms in total. The van der Waals surface area contributed by atoms with Crippen molar-refractivity contribution in [1.82, 2.24) is 5.32 Å². The molecule has 0 saturated heterocycles. The monoisotopic (exact) mass is 253 g/mol. The lowest BCUT2D eigenvalue weighted by atomic mass is 10.2. The van der Waals surface area contributed by atoms with Gasteiger partial charge in [0.2, 0.25) is 0 Å². The molecule has 0 aliphatic carbocycles. The van der Waals surface area contributed by atoms with E-state index in [1.165, 1.54) is 0 Å². The summed E-state index contributed by atoms with van der Waals surface area (Å²) < 4.78 is 15.9. The van der Waals surface area contributed by atoms with E-state index in [1.807, 2.05) is 18.2 Å². The zero-order valence-corrected chi connectivity index (χ0v) is 11.5. The van der Waals surface area contributed by atoms with Crippen molar-refractivity contribution in [3.05, 3.63) is 23.8 Å². The van der Waals surface area contributed by atoms with Crippen molar-refractivity contribution in [3.63, 3.8) is 0 Å². The van der Waals surface area contributed by atoms with Gasteiger partial charge in [0.15, 0.2) is 0 Å². The van der Waals surface area contributed by atoms with Crippen LogP contribution >= 0.6 is 0 Å². The SMILES string of the molecule is CCCOCCNCc1ccc(OC)cc1OC. The van der Waals surface area contributed by atoms with E-state index in [-0.39, 0.29) is 0 Å². The minimum Gasteiger partial charge on any atom is -0.497 e. The number of methoxy groups -OCH3 is 2. The van der Waals surface area contributed by atoms with E-state index in [9.17, 15) is 0 Å². The summed E-state index contributed by atoms with van der Waals surface area (Å²) in [5.41, 5.74) is 1.12. The lowest BCUT2D eigenvalue weighted by molar-refractivity contribution is 0.136. The summed E-state index contributed by atoms with van der Waals surface area (Å²) in [5.74, 6) is 1.65. The van der Waals surface area contributed by atoms with Gasteiger partial charge in [0.05, 0.1) is 20.8 Å². The molecule has 1 aromatic rings. The van der Waals surface area contributed by atoms with Crippen LogP contribution in [0, 0.1) is 0 Å². The molecular formula is C14H23NO3. The third-order valence-corrected chi connectivity index (χ3v) is 2.58. The van der Waals surface area contributed by atoms with Gasteiger partial charge >= 0.3 is 0 Å². The second-order valence-electron chi connectivity index (χ2n) is 3.97. The molecule has 0 spiro atoms. The fourth-order valence-corrected chi connectivity index (χ4v) is 1.61. The molecule has 0 aliphatic rings. The number of hydrogen-bond donors (Lipinski definition) is 1. The Balaban J connectivity index is 2.37. The topological polar surface area (TPSA) is 39.7 Å². The molecule has 0 amide bonds. The first-order chi connectivity index (χ1) is 8.81. The summed E-state index contributed by atoms with van der Waals surface area (Å²) in [6.07, 6.45) is 1.06. The van der Waals surface area contributed by atoms with Crippen molar-refractivity contribution in [2.75, 3.05) is 34.0 Å². The minimum absolute atomic E-state index is 0.742. The average Bonchev–Trinajstić information content (AvgIpc) is 2.42. The van der Waals surface area contributed by atoms with Crippen LogP contribution in [-0.2, 0) is 11.3 Å². The molecule has 0 atom stereocenters. The third kappa shape index (κ3) is 4.94. The van der Waals surface area contributed by atoms with Gasteiger partial charge in [-0.25, -0.2) is 0 Å². The van der Waals surface area contributed by atoms with Gasteiger partial charge in [0.1, 0.15) is 11.5 Å². The predicted molar refractivity (Wildman–Crippen MR) is 72.4 cm³/mol. The first kappa shape index (κ1) is 14.8. The Morgan fingerprint density at radius 2 is 1.94 bits per heavy atom. The van der Waals surface area contributed by atoms with Crippen LogP contribution in [0.5, 0.6) is 11.5 Å². The van der Waals surface area contributed by atoms with E-state index >= 15 is 0 Å². The van der Waals surface area contributed by atoms with Crippen molar-refractivity contribution >= 4 is 0 Å². The Morgan fingerprint density at radius 1 is 1.11 bits per heavy atom. The van der Waals surface area contributed by atoms with Crippen LogP contribution in [0.2, 0.25) is 0 Å². The Kier molecular flexibility index (Phi) is 7.22. The highest BCUT2D eigenvalue weighted by atomic mass is 16.5. The first-order valence-corrected chi connectivity index (χ1v) is 6.31. The highest BCUT2D eigenvalue weighted by Gasteiger charge is 2.04. The molecule has 1 rings (SSSR count). The zero-order chi connectivity index (χ0) is 13.2. The normalized spacial score (nSPS) is 10.4. The summed E-state index contributed by atoms with van der Waals surface area (Å²) in [6.45, 7) is 5.29. The van der Waals surface area contributed by atoms with Crippen LogP contribution in [0.4, 0.5) is 0 Å². The number of nitrogens with one attached hydrogen (secondary N) is 1. The summed E-state index contributed by atoms with van der Waals surface area (Å²) in [7, 11) is 3.32.